The van der Waals surface area contributed by atoms with Gasteiger partial charge in [-0.05, 0) is 75.1 Å². The summed E-state index contributed by atoms with van der Waals surface area (Å²) in [5.41, 5.74) is 1.78. The number of rotatable bonds is 5. The molecule has 1 N–H and O–H groups in total. The minimum atomic E-state index is -3.41. The van der Waals surface area contributed by atoms with Crippen LogP contribution in [0.3, 0.4) is 0 Å². The first-order chi connectivity index (χ1) is 11.5. The van der Waals surface area contributed by atoms with E-state index in [1.165, 1.54) is 17.9 Å². The largest absolute Gasteiger partial charge is 0.300 e. The molecule has 2 aliphatic rings. The fourth-order valence-electron chi connectivity index (χ4n) is 3.63. The van der Waals surface area contributed by atoms with Crippen molar-refractivity contribution in [3.05, 3.63) is 29.3 Å². The van der Waals surface area contributed by atoms with Crippen molar-refractivity contribution >= 4 is 21.8 Å². The van der Waals surface area contributed by atoms with Gasteiger partial charge in [-0.25, -0.2) is 13.1 Å². The molecule has 2 heterocycles. The summed E-state index contributed by atoms with van der Waals surface area (Å²) < 4.78 is 28.0. The second-order valence-electron chi connectivity index (χ2n) is 7.12. The molecule has 2 aliphatic heterocycles. The number of hydrogen-bond donors (Lipinski definition) is 1. The lowest BCUT2D eigenvalue weighted by Crippen LogP contribution is -2.43. The van der Waals surface area contributed by atoms with E-state index in [9.17, 15) is 8.42 Å². The molecule has 4 nitrogen and oxygen atoms in total. The van der Waals surface area contributed by atoms with E-state index in [1.54, 1.807) is 6.07 Å². The van der Waals surface area contributed by atoms with Gasteiger partial charge in [0.15, 0.2) is 0 Å². The molecule has 6 heteroatoms. The Balaban J connectivity index is 1.53. The van der Waals surface area contributed by atoms with Crippen molar-refractivity contribution in [1.29, 1.82) is 0 Å². The van der Waals surface area contributed by atoms with Gasteiger partial charge in [-0.15, -0.1) is 0 Å². The predicted octanol–water partition coefficient (Wildman–Crippen LogP) is 2.80. The molecule has 1 aromatic carbocycles. The second kappa shape index (κ2) is 7.77. The Morgan fingerprint density at radius 3 is 2.62 bits per heavy atom. The van der Waals surface area contributed by atoms with Crippen LogP contribution in [0.15, 0.2) is 23.1 Å². The number of likely N-dealkylation sites (tertiary alicyclic amines) is 1. The standard InChI is InChI=1S/C18H28N2O2S2/c1-14-3-4-15(2)18(11-14)24(21,22)19-12-16-5-8-20(9-6-16)17-7-10-23-13-17/h3-4,11,16-17,19H,5-10,12-13H2,1-2H3. The Bertz CT molecular complexity index is 662. The lowest BCUT2D eigenvalue weighted by Gasteiger charge is -2.35. The van der Waals surface area contributed by atoms with Gasteiger partial charge in [-0.1, -0.05) is 12.1 Å². The average Bonchev–Trinajstić information content (AvgIpc) is 3.10. The highest BCUT2D eigenvalue weighted by Crippen LogP contribution is 2.27. The predicted molar refractivity (Wildman–Crippen MR) is 101 cm³/mol. The van der Waals surface area contributed by atoms with Gasteiger partial charge in [0, 0.05) is 18.3 Å². The van der Waals surface area contributed by atoms with Crippen molar-refractivity contribution in [2.24, 2.45) is 5.92 Å². The molecular formula is C18H28N2O2S2. The molecule has 0 saturated carbocycles. The van der Waals surface area contributed by atoms with Gasteiger partial charge in [0.05, 0.1) is 4.90 Å². The van der Waals surface area contributed by atoms with E-state index in [-0.39, 0.29) is 0 Å². The van der Waals surface area contributed by atoms with Crippen LogP contribution in [0.25, 0.3) is 0 Å². The van der Waals surface area contributed by atoms with E-state index in [4.69, 9.17) is 0 Å². The van der Waals surface area contributed by atoms with E-state index >= 15 is 0 Å². The maximum absolute atomic E-state index is 12.6. The molecule has 0 aliphatic carbocycles. The van der Waals surface area contributed by atoms with Crippen molar-refractivity contribution in [2.45, 2.75) is 44.0 Å². The Morgan fingerprint density at radius 2 is 1.96 bits per heavy atom. The molecule has 24 heavy (non-hydrogen) atoms. The van der Waals surface area contributed by atoms with Crippen LogP contribution in [0.1, 0.15) is 30.4 Å². The lowest BCUT2D eigenvalue weighted by molar-refractivity contribution is 0.145. The lowest BCUT2D eigenvalue weighted by atomic mass is 9.96. The summed E-state index contributed by atoms with van der Waals surface area (Å²) in [6, 6.07) is 6.34. The Hall–Kier alpha value is -0.560. The zero-order valence-corrected chi connectivity index (χ0v) is 16.3. The zero-order valence-electron chi connectivity index (χ0n) is 14.6. The normalized spacial score (nSPS) is 23.7. The molecule has 1 aromatic rings. The third kappa shape index (κ3) is 4.34. The molecule has 0 radical (unpaired) electrons. The molecule has 1 unspecified atom stereocenters. The molecule has 0 spiro atoms. The van der Waals surface area contributed by atoms with Crippen LogP contribution in [0.4, 0.5) is 0 Å². The summed E-state index contributed by atoms with van der Waals surface area (Å²) in [5, 5.41) is 0. The van der Waals surface area contributed by atoms with Gasteiger partial charge < -0.3 is 0 Å². The third-order valence-electron chi connectivity index (χ3n) is 5.27. The summed E-state index contributed by atoms with van der Waals surface area (Å²) in [6.45, 7) is 6.56. The Kier molecular flexibility index (Phi) is 5.90. The number of sulfonamides is 1. The van der Waals surface area contributed by atoms with Gasteiger partial charge in [0.25, 0.3) is 0 Å². The van der Waals surface area contributed by atoms with E-state index < -0.39 is 10.0 Å². The number of benzene rings is 1. The fraction of sp³-hybridized carbons (Fsp3) is 0.667. The summed E-state index contributed by atoms with van der Waals surface area (Å²) in [7, 11) is -3.41. The monoisotopic (exact) mass is 368 g/mol. The molecule has 0 amide bonds. The van der Waals surface area contributed by atoms with E-state index in [0.29, 0.717) is 17.4 Å². The fourth-order valence-corrected chi connectivity index (χ4v) is 6.33. The van der Waals surface area contributed by atoms with E-state index in [1.807, 2.05) is 26.0 Å². The molecule has 1 atom stereocenters. The van der Waals surface area contributed by atoms with Crippen molar-refractivity contribution < 1.29 is 8.42 Å². The first-order valence-corrected chi connectivity index (χ1v) is 11.5. The molecule has 2 fully saturated rings. The molecule has 2 saturated heterocycles. The maximum atomic E-state index is 12.6. The molecule has 134 valence electrons. The first kappa shape index (κ1) is 18.2. The number of nitrogens with one attached hydrogen (secondary N) is 1. The van der Waals surface area contributed by atoms with Crippen LogP contribution >= 0.6 is 11.8 Å². The SMILES string of the molecule is Cc1ccc(C)c(S(=O)(=O)NCC2CCN(C3CCSC3)CC2)c1. The summed E-state index contributed by atoms with van der Waals surface area (Å²) in [5.74, 6) is 3.01. The van der Waals surface area contributed by atoms with Crippen LogP contribution < -0.4 is 4.72 Å². The van der Waals surface area contributed by atoms with Gasteiger partial charge in [-0.3, -0.25) is 4.90 Å². The van der Waals surface area contributed by atoms with Gasteiger partial charge in [0.2, 0.25) is 10.0 Å². The summed E-state index contributed by atoms with van der Waals surface area (Å²) in [4.78, 5) is 3.03. The molecule has 0 bridgehead atoms. The summed E-state index contributed by atoms with van der Waals surface area (Å²) >= 11 is 2.06. The number of piperidine rings is 1. The highest BCUT2D eigenvalue weighted by molar-refractivity contribution is 7.99. The van der Waals surface area contributed by atoms with Gasteiger partial charge in [0.1, 0.15) is 0 Å². The quantitative estimate of drug-likeness (QED) is 0.868. The Morgan fingerprint density at radius 1 is 1.21 bits per heavy atom. The molecular weight excluding hydrogens is 340 g/mol. The van der Waals surface area contributed by atoms with Crippen LogP contribution in [0.2, 0.25) is 0 Å². The van der Waals surface area contributed by atoms with Crippen molar-refractivity contribution in [2.75, 3.05) is 31.1 Å². The zero-order chi connectivity index (χ0) is 17.2. The second-order valence-corrected chi connectivity index (χ2v) is 10.0. The van der Waals surface area contributed by atoms with Crippen molar-refractivity contribution in [3.8, 4) is 0 Å². The minimum Gasteiger partial charge on any atom is -0.300 e. The number of aryl methyl sites for hydroxylation is 2. The van der Waals surface area contributed by atoms with Crippen molar-refractivity contribution in [1.82, 2.24) is 9.62 Å². The highest BCUT2D eigenvalue weighted by Gasteiger charge is 2.28. The van der Waals surface area contributed by atoms with Crippen molar-refractivity contribution in [3.63, 3.8) is 0 Å². The van der Waals surface area contributed by atoms with Crippen LogP contribution in [0, 0.1) is 19.8 Å². The first-order valence-electron chi connectivity index (χ1n) is 8.84. The number of thioether (sulfide) groups is 1. The van der Waals surface area contributed by atoms with Gasteiger partial charge in [-0.2, -0.15) is 11.8 Å². The Labute approximate surface area is 150 Å². The van der Waals surface area contributed by atoms with Crippen LogP contribution in [0.5, 0.6) is 0 Å². The molecule has 0 aromatic heterocycles. The highest BCUT2D eigenvalue weighted by atomic mass is 32.2. The third-order valence-corrected chi connectivity index (χ3v) is 7.98. The van der Waals surface area contributed by atoms with E-state index in [0.717, 1.165) is 43.1 Å². The van der Waals surface area contributed by atoms with E-state index in [2.05, 4.69) is 21.4 Å². The number of hydrogen-bond acceptors (Lipinski definition) is 4. The summed E-state index contributed by atoms with van der Waals surface area (Å²) in [6.07, 6.45) is 3.50. The topological polar surface area (TPSA) is 49.4 Å². The van der Waals surface area contributed by atoms with Crippen LogP contribution in [-0.4, -0.2) is 50.5 Å². The maximum Gasteiger partial charge on any atom is 0.240 e. The number of nitrogens with zero attached hydrogens (tertiary/aromatic N) is 1. The average molecular weight is 369 g/mol. The smallest absolute Gasteiger partial charge is 0.240 e. The molecule has 3 rings (SSSR count). The van der Waals surface area contributed by atoms with Gasteiger partial charge >= 0.3 is 0 Å². The van der Waals surface area contributed by atoms with Crippen LogP contribution in [-0.2, 0) is 10.0 Å². The minimum absolute atomic E-state index is 0.419.